The van der Waals surface area contributed by atoms with Crippen LogP contribution >= 0.6 is 11.6 Å². The van der Waals surface area contributed by atoms with Crippen molar-refractivity contribution in [1.29, 1.82) is 0 Å². The van der Waals surface area contributed by atoms with Crippen molar-refractivity contribution in [3.63, 3.8) is 0 Å². The van der Waals surface area contributed by atoms with Crippen LogP contribution in [0.25, 0.3) is 0 Å². The van der Waals surface area contributed by atoms with Crippen molar-refractivity contribution in [1.82, 2.24) is 5.32 Å². The average molecular weight is 323 g/mol. The smallest absolute Gasteiger partial charge is 0.279 e. The lowest BCUT2D eigenvalue weighted by atomic mass is 9.87. The first-order valence-corrected chi connectivity index (χ1v) is 8.20. The SMILES string of the molecule is O=C(C[C@@H]1[NH2+][C@H]2CCCC[C@@H]2NC1=O)Nc1cccc(Cl)c1. The Hall–Kier alpha value is -1.59. The molecule has 118 valence electrons. The van der Waals surface area contributed by atoms with Gasteiger partial charge in [0.15, 0.2) is 6.04 Å². The highest BCUT2D eigenvalue weighted by molar-refractivity contribution is 6.30. The van der Waals surface area contributed by atoms with Crippen molar-refractivity contribution in [3.8, 4) is 0 Å². The summed E-state index contributed by atoms with van der Waals surface area (Å²) in [5.41, 5.74) is 0.657. The van der Waals surface area contributed by atoms with Gasteiger partial charge in [0, 0.05) is 17.1 Å². The van der Waals surface area contributed by atoms with Crippen molar-refractivity contribution in [2.24, 2.45) is 0 Å². The topological polar surface area (TPSA) is 74.8 Å². The number of halogens is 1. The van der Waals surface area contributed by atoms with Crippen molar-refractivity contribution in [2.75, 3.05) is 5.32 Å². The third-order valence-electron chi connectivity index (χ3n) is 4.48. The Kier molecular flexibility index (Phi) is 4.64. The van der Waals surface area contributed by atoms with Gasteiger partial charge in [0.05, 0.1) is 12.5 Å². The molecule has 6 heteroatoms. The van der Waals surface area contributed by atoms with Gasteiger partial charge in [-0.15, -0.1) is 0 Å². The number of anilines is 1. The first kappa shape index (κ1) is 15.3. The van der Waals surface area contributed by atoms with E-state index in [1.54, 1.807) is 24.3 Å². The number of benzene rings is 1. The molecular formula is C16H21ClN3O2+. The minimum Gasteiger partial charge on any atom is -0.342 e. The van der Waals surface area contributed by atoms with Crippen LogP contribution in [0.2, 0.25) is 5.02 Å². The van der Waals surface area contributed by atoms with Gasteiger partial charge in [0.2, 0.25) is 5.91 Å². The van der Waals surface area contributed by atoms with Crippen LogP contribution in [0.3, 0.4) is 0 Å². The van der Waals surface area contributed by atoms with Crippen molar-refractivity contribution >= 4 is 29.1 Å². The highest BCUT2D eigenvalue weighted by Crippen LogP contribution is 2.19. The standard InChI is InChI=1S/C16H20ClN3O2/c17-10-4-3-5-11(8-10)18-15(21)9-14-16(22)20-13-7-2-1-6-12(13)19-14/h3-5,8,12-14,19H,1-2,6-7,9H2,(H,18,21)(H,20,22)/p+1/t12-,13-,14-/m0/s1. The summed E-state index contributed by atoms with van der Waals surface area (Å²) in [6, 6.07) is 7.36. The first-order valence-electron chi connectivity index (χ1n) is 7.82. The first-order chi connectivity index (χ1) is 10.6. The minimum atomic E-state index is -0.335. The quantitative estimate of drug-likeness (QED) is 0.778. The maximum absolute atomic E-state index is 12.1. The van der Waals surface area contributed by atoms with E-state index in [-0.39, 0.29) is 30.3 Å². The highest BCUT2D eigenvalue weighted by Gasteiger charge is 2.40. The van der Waals surface area contributed by atoms with E-state index >= 15 is 0 Å². The Bertz CT molecular complexity index is 578. The second-order valence-electron chi connectivity index (χ2n) is 6.12. The van der Waals surface area contributed by atoms with Crippen LogP contribution in [0.15, 0.2) is 24.3 Å². The number of nitrogens with two attached hydrogens (primary N) is 1. The predicted molar refractivity (Wildman–Crippen MR) is 84.6 cm³/mol. The molecule has 0 radical (unpaired) electrons. The fraction of sp³-hybridized carbons (Fsp3) is 0.500. The summed E-state index contributed by atoms with van der Waals surface area (Å²) in [4.78, 5) is 24.3. The van der Waals surface area contributed by atoms with E-state index in [1.807, 2.05) is 0 Å². The zero-order valence-corrected chi connectivity index (χ0v) is 13.1. The van der Waals surface area contributed by atoms with Gasteiger partial charge in [0.25, 0.3) is 5.91 Å². The van der Waals surface area contributed by atoms with E-state index in [1.165, 1.54) is 12.8 Å². The number of rotatable bonds is 3. The molecule has 3 atom stereocenters. The molecule has 0 aromatic heterocycles. The molecule has 4 N–H and O–H groups in total. The van der Waals surface area contributed by atoms with Crippen LogP contribution in [0.1, 0.15) is 32.1 Å². The van der Waals surface area contributed by atoms with Gasteiger partial charge in [-0.05, 0) is 31.0 Å². The van der Waals surface area contributed by atoms with Gasteiger partial charge in [-0.1, -0.05) is 24.1 Å². The lowest BCUT2D eigenvalue weighted by molar-refractivity contribution is -0.718. The third kappa shape index (κ3) is 3.59. The fourth-order valence-corrected chi connectivity index (χ4v) is 3.57. The summed E-state index contributed by atoms with van der Waals surface area (Å²) in [6.07, 6.45) is 4.72. The molecule has 3 rings (SSSR count). The maximum Gasteiger partial charge on any atom is 0.279 e. The minimum absolute atomic E-state index is 0.0237. The molecule has 2 fully saturated rings. The highest BCUT2D eigenvalue weighted by atomic mass is 35.5. The Balaban J connectivity index is 1.57. The molecule has 2 aliphatic rings. The van der Waals surface area contributed by atoms with Gasteiger partial charge in [-0.2, -0.15) is 0 Å². The summed E-state index contributed by atoms with van der Waals surface area (Å²) in [5, 5.41) is 8.53. The molecule has 1 aromatic rings. The molecule has 1 heterocycles. The summed E-state index contributed by atoms with van der Waals surface area (Å²) in [6.45, 7) is 0. The number of quaternary nitrogens is 1. The second kappa shape index (κ2) is 6.67. The van der Waals surface area contributed by atoms with Crippen molar-refractivity contribution in [2.45, 2.75) is 50.2 Å². The fourth-order valence-electron chi connectivity index (χ4n) is 3.38. The predicted octanol–water partition coefficient (Wildman–Crippen LogP) is 1.04. The zero-order valence-electron chi connectivity index (χ0n) is 12.3. The van der Waals surface area contributed by atoms with E-state index in [4.69, 9.17) is 11.6 Å². The molecule has 0 spiro atoms. The van der Waals surface area contributed by atoms with Crippen molar-refractivity contribution in [3.05, 3.63) is 29.3 Å². The molecule has 1 aromatic carbocycles. The van der Waals surface area contributed by atoms with Gasteiger partial charge in [-0.25, -0.2) is 0 Å². The van der Waals surface area contributed by atoms with Crippen LogP contribution in [0.4, 0.5) is 5.69 Å². The largest absolute Gasteiger partial charge is 0.342 e. The van der Waals surface area contributed by atoms with Crippen LogP contribution in [0, 0.1) is 0 Å². The lowest BCUT2D eigenvalue weighted by Crippen LogP contribution is -3.03. The lowest BCUT2D eigenvalue weighted by Gasteiger charge is -2.37. The molecule has 1 aliphatic heterocycles. The van der Waals surface area contributed by atoms with Crippen LogP contribution in [-0.2, 0) is 9.59 Å². The summed E-state index contributed by atoms with van der Waals surface area (Å²) < 4.78 is 0. The van der Waals surface area contributed by atoms with E-state index in [0.29, 0.717) is 16.8 Å². The van der Waals surface area contributed by atoms with Gasteiger partial charge in [0.1, 0.15) is 6.04 Å². The van der Waals surface area contributed by atoms with Crippen LogP contribution < -0.4 is 16.0 Å². The summed E-state index contributed by atoms with van der Waals surface area (Å²) in [5.74, 6) is -0.183. The molecule has 1 aliphatic carbocycles. The summed E-state index contributed by atoms with van der Waals surface area (Å²) in [7, 11) is 0. The Morgan fingerprint density at radius 3 is 3.00 bits per heavy atom. The molecule has 0 unspecified atom stereocenters. The number of amides is 2. The van der Waals surface area contributed by atoms with Crippen molar-refractivity contribution < 1.29 is 14.9 Å². The molecule has 2 amide bonds. The number of nitrogens with one attached hydrogen (secondary N) is 2. The molecule has 5 nitrogen and oxygen atoms in total. The molecule has 22 heavy (non-hydrogen) atoms. The number of piperazine rings is 1. The maximum atomic E-state index is 12.1. The Morgan fingerprint density at radius 2 is 2.18 bits per heavy atom. The third-order valence-corrected chi connectivity index (χ3v) is 4.71. The molecule has 1 saturated carbocycles. The van der Waals surface area contributed by atoms with E-state index in [9.17, 15) is 9.59 Å². The van der Waals surface area contributed by atoms with E-state index in [0.717, 1.165) is 12.8 Å². The number of fused-ring (bicyclic) bond motifs is 1. The molecular weight excluding hydrogens is 302 g/mol. The van der Waals surface area contributed by atoms with Crippen LogP contribution in [-0.4, -0.2) is 29.9 Å². The molecule has 0 bridgehead atoms. The number of carbonyl (C=O) groups is 2. The van der Waals surface area contributed by atoms with Gasteiger partial charge < -0.3 is 16.0 Å². The average Bonchev–Trinajstić information content (AvgIpc) is 2.48. The number of hydrogen-bond acceptors (Lipinski definition) is 2. The number of carbonyl (C=O) groups excluding carboxylic acids is 2. The van der Waals surface area contributed by atoms with Gasteiger partial charge in [-0.3, -0.25) is 9.59 Å². The second-order valence-corrected chi connectivity index (χ2v) is 6.56. The monoisotopic (exact) mass is 322 g/mol. The van der Waals surface area contributed by atoms with Crippen LogP contribution in [0.5, 0.6) is 0 Å². The summed E-state index contributed by atoms with van der Waals surface area (Å²) >= 11 is 5.90. The van der Waals surface area contributed by atoms with E-state index < -0.39 is 0 Å². The number of hydrogen-bond donors (Lipinski definition) is 3. The normalized spacial score (nSPS) is 27.7. The Labute approximate surface area is 134 Å². The zero-order chi connectivity index (χ0) is 15.5. The van der Waals surface area contributed by atoms with E-state index in [2.05, 4.69) is 16.0 Å². The Morgan fingerprint density at radius 1 is 1.36 bits per heavy atom. The molecule has 1 saturated heterocycles. The van der Waals surface area contributed by atoms with Gasteiger partial charge >= 0.3 is 0 Å².